The van der Waals surface area contributed by atoms with Gasteiger partial charge in [0.25, 0.3) is 0 Å². The summed E-state index contributed by atoms with van der Waals surface area (Å²) in [5, 5.41) is 10.3. The average molecular weight is 253 g/mol. The summed E-state index contributed by atoms with van der Waals surface area (Å²) < 4.78 is 0. The molecule has 18 heavy (non-hydrogen) atoms. The van der Waals surface area contributed by atoms with Gasteiger partial charge in [-0.1, -0.05) is 45.4 Å². The first-order valence-electron chi connectivity index (χ1n) is 8.21. The molecule has 0 amide bonds. The summed E-state index contributed by atoms with van der Waals surface area (Å²) in [5.41, 5.74) is 0. The van der Waals surface area contributed by atoms with E-state index in [9.17, 15) is 5.11 Å². The van der Waals surface area contributed by atoms with Gasteiger partial charge in [-0.05, 0) is 38.1 Å². The molecular weight excluding hydrogens is 222 g/mol. The standard InChI is InChI=1S/C16H31NO/c1-2-15-10-4-3-7-11-17(15)13-16(18)12-14-8-5-6-9-14/h14-16,18H,2-13H2,1H3. The van der Waals surface area contributed by atoms with Crippen molar-refractivity contribution in [3.63, 3.8) is 0 Å². The third-order valence-corrected chi connectivity index (χ3v) is 5.00. The van der Waals surface area contributed by atoms with Crippen molar-refractivity contribution >= 4 is 0 Å². The van der Waals surface area contributed by atoms with Crippen LogP contribution >= 0.6 is 0 Å². The fraction of sp³-hybridized carbons (Fsp3) is 1.00. The summed E-state index contributed by atoms with van der Waals surface area (Å²) in [4.78, 5) is 2.58. The van der Waals surface area contributed by atoms with Crippen LogP contribution in [-0.2, 0) is 0 Å². The van der Waals surface area contributed by atoms with E-state index in [2.05, 4.69) is 11.8 Å². The largest absolute Gasteiger partial charge is 0.392 e. The number of β-amino-alcohol motifs (C(OH)–C–C–N with tert-alkyl or cyclic N) is 1. The van der Waals surface area contributed by atoms with E-state index in [1.54, 1.807) is 0 Å². The number of nitrogens with zero attached hydrogens (tertiary/aromatic N) is 1. The van der Waals surface area contributed by atoms with Crippen molar-refractivity contribution < 1.29 is 5.11 Å². The monoisotopic (exact) mass is 253 g/mol. The SMILES string of the molecule is CCC1CCCCCN1CC(O)CC1CCCC1. The van der Waals surface area contributed by atoms with E-state index in [1.807, 2.05) is 0 Å². The summed E-state index contributed by atoms with van der Waals surface area (Å²) in [6.07, 6.45) is 13.1. The minimum atomic E-state index is -0.0831. The third-order valence-electron chi connectivity index (χ3n) is 5.00. The first-order valence-corrected chi connectivity index (χ1v) is 8.21. The topological polar surface area (TPSA) is 23.5 Å². The van der Waals surface area contributed by atoms with Crippen molar-refractivity contribution in [3.05, 3.63) is 0 Å². The number of hydrogen-bond acceptors (Lipinski definition) is 2. The van der Waals surface area contributed by atoms with Crippen molar-refractivity contribution in [2.24, 2.45) is 5.92 Å². The Kier molecular flexibility index (Phi) is 5.97. The molecule has 2 atom stereocenters. The van der Waals surface area contributed by atoms with E-state index in [0.29, 0.717) is 0 Å². The van der Waals surface area contributed by atoms with E-state index in [4.69, 9.17) is 0 Å². The smallest absolute Gasteiger partial charge is 0.0669 e. The average Bonchev–Trinajstić information content (AvgIpc) is 2.75. The first kappa shape index (κ1) is 14.3. The molecule has 0 aromatic heterocycles. The van der Waals surface area contributed by atoms with Gasteiger partial charge in [0.15, 0.2) is 0 Å². The Morgan fingerprint density at radius 3 is 2.50 bits per heavy atom. The Hall–Kier alpha value is -0.0800. The van der Waals surface area contributed by atoms with Crippen LogP contribution in [-0.4, -0.2) is 35.2 Å². The van der Waals surface area contributed by atoms with E-state index in [0.717, 1.165) is 24.9 Å². The van der Waals surface area contributed by atoms with Gasteiger partial charge in [0.1, 0.15) is 0 Å². The summed E-state index contributed by atoms with van der Waals surface area (Å²) in [6, 6.07) is 0.728. The molecule has 106 valence electrons. The maximum atomic E-state index is 10.3. The van der Waals surface area contributed by atoms with Gasteiger partial charge in [0, 0.05) is 12.6 Å². The Labute approximate surface area is 113 Å². The lowest BCUT2D eigenvalue weighted by atomic mass is 9.99. The quantitative estimate of drug-likeness (QED) is 0.809. The molecule has 2 heteroatoms. The highest BCUT2D eigenvalue weighted by molar-refractivity contribution is 4.79. The van der Waals surface area contributed by atoms with Crippen LogP contribution in [0.3, 0.4) is 0 Å². The second kappa shape index (κ2) is 7.49. The molecule has 1 aliphatic heterocycles. The second-order valence-corrected chi connectivity index (χ2v) is 6.45. The maximum Gasteiger partial charge on any atom is 0.0669 e. The lowest BCUT2D eigenvalue weighted by molar-refractivity contribution is 0.0701. The van der Waals surface area contributed by atoms with Crippen molar-refractivity contribution in [1.29, 1.82) is 0 Å². The normalized spacial score (nSPS) is 29.3. The molecule has 1 heterocycles. The van der Waals surface area contributed by atoms with Crippen molar-refractivity contribution in [1.82, 2.24) is 4.90 Å². The van der Waals surface area contributed by atoms with Crippen LogP contribution in [0.25, 0.3) is 0 Å². The summed E-state index contributed by atoms with van der Waals surface area (Å²) in [6.45, 7) is 4.43. The molecule has 1 saturated heterocycles. The van der Waals surface area contributed by atoms with Gasteiger partial charge in [-0.3, -0.25) is 4.90 Å². The number of aliphatic hydroxyl groups excluding tert-OH is 1. The minimum absolute atomic E-state index is 0.0831. The molecule has 1 aliphatic carbocycles. The molecule has 2 nitrogen and oxygen atoms in total. The third kappa shape index (κ3) is 4.24. The molecule has 0 bridgehead atoms. The number of likely N-dealkylation sites (tertiary alicyclic amines) is 1. The molecule has 0 aromatic rings. The second-order valence-electron chi connectivity index (χ2n) is 6.45. The van der Waals surface area contributed by atoms with Crippen LogP contribution in [0, 0.1) is 5.92 Å². The highest BCUT2D eigenvalue weighted by atomic mass is 16.3. The molecule has 0 aromatic carbocycles. The van der Waals surface area contributed by atoms with Crippen LogP contribution in [0.5, 0.6) is 0 Å². The van der Waals surface area contributed by atoms with Crippen LogP contribution in [0.1, 0.15) is 71.1 Å². The molecule has 0 radical (unpaired) electrons. The summed E-state index contributed by atoms with van der Waals surface area (Å²) in [7, 11) is 0. The predicted molar refractivity (Wildman–Crippen MR) is 76.7 cm³/mol. The number of aliphatic hydroxyl groups is 1. The zero-order chi connectivity index (χ0) is 12.8. The van der Waals surface area contributed by atoms with E-state index >= 15 is 0 Å². The Bertz CT molecular complexity index is 225. The first-order chi connectivity index (χ1) is 8.79. The van der Waals surface area contributed by atoms with Crippen LogP contribution in [0.15, 0.2) is 0 Å². The maximum absolute atomic E-state index is 10.3. The van der Waals surface area contributed by atoms with Crippen molar-refractivity contribution in [2.45, 2.75) is 83.3 Å². The summed E-state index contributed by atoms with van der Waals surface area (Å²) >= 11 is 0. The van der Waals surface area contributed by atoms with Crippen LogP contribution in [0.4, 0.5) is 0 Å². The highest BCUT2D eigenvalue weighted by Gasteiger charge is 2.24. The Balaban J connectivity index is 1.77. The molecular formula is C16H31NO. The molecule has 2 fully saturated rings. The molecule has 0 spiro atoms. The summed E-state index contributed by atoms with van der Waals surface area (Å²) in [5.74, 6) is 0.812. The Morgan fingerprint density at radius 1 is 1.06 bits per heavy atom. The minimum Gasteiger partial charge on any atom is -0.392 e. The number of hydrogen-bond donors (Lipinski definition) is 1. The lowest BCUT2D eigenvalue weighted by Crippen LogP contribution is -2.40. The lowest BCUT2D eigenvalue weighted by Gasteiger charge is -2.31. The van der Waals surface area contributed by atoms with Crippen molar-refractivity contribution in [2.75, 3.05) is 13.1 Å². The Morgan fingerprint density at radius 2 is 1.78 bits per heavy atom. The van der Waals surface area contributed by atoms with E-state index in [-0.39, 0.29) is 6.10 Å². The van der Waals surface area contributed by atoms with Gasteiger partial charge in [-0.2, -0.15) is 0 Å². The number of rotatable bonds is 5. The molecule has 1 N–H and O–H groups in total. The fourth-order valence-electron chi connectivity index (χ4n) is 3.92. The van der Waals surface area contributed by atoms with Gasteiger partial charge >= 0.3 is 0 Å². The fourth-order valence-corrected chi connectivity index (χ4v) is 3.92. The van der Waals surface area contributed by atoms with Crippen molar-refractivity contribution in [3.8, 4) is 0 Å². The van der Waals surface area contributed by atoms with Gasteiger partial charge < -0.3 is 5.11 Å². The highest BCUT2D eigenvalue weighted by Crippen LogP contribution is 2.29. The molecule has 1 saturated carbocycles. The molecule has 2 rings (SSSR count). The zero-order valence-electron chi connectivity index (χ0n) is 12.1. The zero-order valence-corrected chi connectivity index (χ0v) is 12.1. The van der Waals surface area contributed by atoms with Gasteiger partial charge in [0.2, 0.25) is 0 Å². The van der Waals surface area contributed by atoms with Crippen LogP contribution in [0.2, 0.25) is 0 Å². The van der Waals surface area contributed by atoms with Gasteiger partial charge in [-0.15, -0.1) is 0 Å². The van der Waals surface area contributed by atoms with Gasteiger partial charge in [-0.25, -0.2) is 0 Å². The predicted octanol–water partition coefficient (Wildman–Crippen LogP) is 3.58. The molecule has 2 aliphatic rings. The van der Waals surface area contributed by atoms with Gasteiger partial charge in [0.05, 0.1) is 6.10 Å². The van der Waals surface area contributed by atoms with Crippen LogP contribution < -0.4 is 0 Å². The van der Waals surface area contributed by atoms with E-state index < -0.39 is 0 Å². The van der Waals surface area contributed by atoms with E-state index in [1.165, 1.54) is 64.3 Å². The molecule has 2 unspecified atom stereocenters.